The number of nitrogens with one attached hydrogen (secondary N) is 3. The Hall–Kier alpha value is -2.41. The molecule has 0 saturated carbocycles. The van der Waals surface area contributed by atoms with Crippen LogP contribution in [0.25, 0.3) is 10.9 Å². The summed E-state index contributed by atoms with van der Waals surface area (Å²) in [5, 5.41) is 13.7. The van der Waals surface area contributed by atoms with Crippen LogP contribution in [0.4, 0.5) is 0 Å². The summed E-state index contributed by atoms with van der Waals surface area (Å²) in [6.07, 6.45) is 1.99. The molecule has 1 aromatic heterocycles. The van der Waals surface area contributed by atoms with Gasteiger partial charge in [0.1, 0.15) is 6.04 Å². The second kappa shape index (κ2) is 7.65. The second-order valence-corrected chi connectivity index (χ2v) is 6.64. The quantitative estimate of drug-likeness (QED) is 0.759. The summed E-state index contributed by atoms with van der Waals surface area (Å²) in [7, 11) is 1.95. The lowest BCUT2D eigenvalue weighted by atomic mass is 9.96. The number of benzene rings is 1. The predicted molar refractivity (Wildman–Crippen MR) is 96.3 cm³/mol. The fourth-order valence-electron chi connectivity index (χ4n) is 3.38. The van der Waals surface area contributed by atoms with E-state index in [-0.39, 0.29) is 11.8 Å². The number of carbonyl (C=O) groups excluding carboxylic acids is 2. The first kappa shape index (κ1) is 17.4. The maximum atomic E-state index is 12.6. The van der Waals surface area contributed by atoms with E-state index in [1.807, 2.05) is 36.2 Å². The maximum Gasteiger partial charge on any atom is 0.273 e. The standard InChI is InChI=1S/C18H25N5O2/c1-12(18(25)23-9-7-13(8-10-23)11-19-2)20-17(24)16-14-5-3-4-6-15(14)21-22-16/h3-6,12-13,19H,7-11H2,1-2H3,(H,20,24)(H,21,22). The molecule has 0 radical (unpaired) electrons. The van der Waals surface area contributed by atoms with Gasteiger partial charge < -0.3 is 15.5 Å². The van der Waals surface area contributed by atoms with Crippen LogP contribution in [0.3, 0.4) is 0 Å². The van der Waals surface area contributed by atoms with Crippen molar-refractivity contribution in [1.82, 2.24) is 25.7 Å². The molecule has 0 spiro atoms. The van der Waals surface area contributed by atoms with Gasteiger partial charge in [0.15, 0.2) is 5.69 Å². The molecule has 1 atom stereocenters. The Kier molecular flexibility index (Phi) is 5.33. The van der Waals surface area contributed by atoms with Crippen molar-refractivity contribution < 1.29 is 9.59 Å². The van der Waals surface area contributed by atoms with Crippen molar-refractivity contribution >= 4 is 22.7 Å². The highest BCUT2D eigenvalue weighted by Gasteiger charge is 2.27. The Bertz CT molecular complexity index is 749. The Morgan fingerprint density at radius 1 is 1.32 bits per heavy atom. The Balaban J connectivity index is 1.59. The van der Waals surface area contributed by atoms with Crippen LogP contribution in [0.15, 0.2) is 24.3 Å². The van der Waals surface area contributed by atoms with E-state index < -0.39 is 6.04 Å². The first-order valence-corrected chi connectivity index (χ1v) is 8.77. The smallest absolute Gasteiger partial charge is 0.273 e. The van der Waals surface area contributed by atoms with Gasteiger partial charge in [-0.2, -0.15) is 5.10 Å². The lowest BCUT2D eigenvalue weighted by Crippen LogP contribution is -2.50. The lowest BCUT2D eigenvalue weighted by Gasteiger charge is -2.33. The number of aromatic amines is 1. The Morgan fingerprint density at radius 3 is 2.76 bits per heavy atom. The number of amides is 2. The Morgan fingerprint density at radius 2 is 2.04 bits per heavy atom. The molecule has 1 unspecified atom stereocenters. The Labute approximate surface area is 147 Å². The van der Waals surface area contributed by atoms with Gasteiger partial charge in [-0.15, -0.1) is 0 Å². The highest BCUT2D eigenvalue weighted by molar-refractivity contribution is 6.05. The van der Waals surface area contributed by atoms with Crippen LogP contribution < -0.4 is 10.6 Å². The predicted octanol–water partition coefficient (Wildman–Crippen LogP) is 1.14. The summed E-state index contributed by atoms with van der Waals surface area (Å²) in [4.78, 5) is 26.9. The highest BCUT2D eigenvalue weighted by atomic mass is 16.2. The van der Waals surface area contributed by atoms with Crippen molar-refractivity contribution in [3.05, 3.63) is 30.0 Å². The number of nitrogens with zero attached hydrogens (tertiary/aromatic N) is 2. The van der Waals surface area contributed by atoms with Crippen molar-refractivity contribution in [1.29, 1.82) is 0 Å². The van der Waals surface area contributed by atoms with E-state index in [0.29, 0.717) is 11.6 Å². The summed E-state index contributed by atoms with van der Waals surface area (Å²) in [5.41, 5.74) is 1.13. The molecule has 7 heteroatoms. The van der Waals surface area contributed by atoms with Gasteiger partial charge in [-0.3, -0.25) is 14.7 Å². The van der Waals surface area contributed by atoms with Crippen LogP contribution in [0.1, 0.15) is 30.3 Å². The summed E-state index contributed by atoms with van der Waals surface area (Å²) in [6.45, 7) is 4.21. The summed E-state index contributed by atoms with van der Waals surface area (Å²) in [6, 6.07) is 6.88. The highest BCUT2D eigenvalue weighted by Crippen LogP contribution is 2.18. The third kappa shape index (κ3) is 3.82. The number of piperidine rings is 1. The normalized spacial score (nSPS) is 16.8. The van der Waals surface area contributed by atoms with Crippen LogP contribution in [0, 0.1) is 5.92 Å². The topological polar surface area (TPSA) is 90.1 Å². The van der Waals surface area contributed by atoms with E-state index in [1.165, 1.54) is 0 Å². The average Bonchev–Trinajstić information content (AvgIpc) is 3.06. The molecule has 3 N–H and O–H groups in total. The van der Waals surface area contributed by atoms with Crippen LogP contribution in [-0.2, 0) is 4.79 Å². The van der Waals surface area contributed by atoms with Gasteiger partial charge in [-0.1, -0.05) is 18.2 Å². The fourth-order valence-corrected chi connectivity index (χ4v) is 3.38. The van der Waals surface area contributed by atoms with Crippen molar-refractivity contribution in [3.8, 4) is 0 Å². The van der Waals surface area contributed by atoms with Crippen molar-refractivity contribution in [2.45, 2.75) is 25.8 Å². The molecule has 0 aliphatic carbocycles. The molecule has 7 nitrogen and oxygen atoms in total. The lowest BCUT2D eigenvalue weighted by molar-refractivity contribution is -0.134. The average molecular weight is 343 g/mol. The number of rotatable bonds is 5. The van der Waals surface area contributed by atoms with E-state index >= 15 is 0 Å². The van der Waals surface area contributed by atoms with Gasteiger partial charge in [0.25, 0.3) is 5.91 Å². The molecular weight excluding hydrogens is 318 g/mol. The molecule has 1 aliphatic rings. The van der Waals surface area contributed by atoms with Gasteiger partial charge in [0.2, 0.25) is 5.91 Å². The van der Waals surface area contributed by atoms with E-state index in [4.69, 9.17) is 0 Å². The van der Waals surface area contributed by atoms with E-state index in [1.54, 1.807) is 6.92 Å². The van der Waals surface area contributed by atoms with Gasteiger partial charge in [0.05, 0.1) is 5.52 Å². The first-order chi connectivity index (χ1) is 12.1. The molecule has 3 rings (SSSR count). The van der Waals surface area contributed by atoms with Crippen molar-refractivity contribution in [2.75, 3.05) is 26.7 Å². The van der Waals surface area contributed by atoms with Crippen molar-refractivity contribution in [3.63, 3.8) is 0 Å². The molecule has 0 bridgehead atoms. The second-order valence-electron chi connectivity index (χ2n) is 6.64. The van der Waals surface area contributed by atoms with Crippen LogP contribution in [0.5, 0.6) is 0 Å². The maximum absolute atomic E-state index is 12.6. The molecule has 1 saturated heterocycles. The third-order valence-corrected chi connectivity index (χ3v) is 4.82. The van der Waals surface area contributed by atoms with Gasteiger partial charge >= 0.3 is 0 Å². The zero-order valence-corrected chi connectivity index (χ0v) is 14.7. The molecule has 1 aliphatic heterocycles. The zero-order chi connectivity index (χ0) is 17.8. The molecule has 1 aromatic carbocycles. The van der Waals surface area contributed by atoms with Crippen molar-refractivity contribution in [2.24, 2.45) is 5.92 Å². The number of aromatic nitrogens is 2. The van der Waals surface area contributed by atoms with Gasteiger partial charge in [0, 0.05) is 18.5 Å². The molecule has 2 heterocycles. The fraction of sp³-hybridized carbons (Fsp3) is 0.500. The summed E-state index contributed by atoms with van der Waals surface area (Å²) in [5.74, 6) is 0.258. The number of hydrogen-bond donors (Lipinski definition) is 3. The first-order valence-electron chi connectivity index (χ1n) is 8.77. The zero-order valence-electron chi connectivity index (χ0n) is 14.7. The number of H-pyrrole nitrogens is 1. The molecule has 134 valence electrons. The molecule has 1 fully saturated rings. The minimum atomic E-state index is -0.566. The number of fused-ring (bicyclic) bond motifs is 1. The van der Waals surface area contributed by atoms with Gasteiger partial charge in [-0.05, 0) is 45.3 Å². The number of carbonyl (C=O) groups is 2. The summed E-state index contributed by atoms with van der Waals surface area (Å²) >= 11 is 0. The van der Waals surface area contributed by atoms with Crippen LogP contribution in [0.2, 0.25) is 0 Å². The summed E-state index contributed by atoms with van der Waals surface area (Å²) < 4.78 is 0. The van der Waals surface area contributed by atoms with Crippen LogP contribution >= 0.6 is 0 Å². The number of likely N-dealkylation sites (tertiary alicyclic amines) is 1. The minimum absolute atomic E-state index is 0.0314. The van der Waals surface area contributed by atoms with Crippen LogP contribution in [-0.4, -0.2) is 59.6 Å². The molecular formula is C18H25N5O2. The third-order valence-electron chi connectivity index (χ3n) is 4.82. The molecule has 2 amide bonds. The number of para-hydroxylation sites is 1. The van der Waals surface area contributed by atoms with E-state index in [2.05, 4.69) is 20.8 Å². The largest absolute Gasteiger partial charge is 0.341 e. The monoisotopic (exact) mass is 343 g/mol. The minimum Gasteiger partial charge on any atom is -0.341 e. The van der Waals surface area contributed by atoms with E-state index in [0.717, 1.165) is 43.4 Å². The number of hydrogen-bond acceptors (Lipinski definition) is 4. The molecule has 2 aromatic rings. The van der Waals surface area contributed by atoms with Gasteiger partial charge in [-0.25, -0.2) is 0 Å². The van der Waals surface area contributed by atoms with E-state index in [9.17, 15) is 9.59 Å². The molecule has 25 heavy (non-hydrogen) atoms. The SMILES string of the molecule is CNCC1CCN(C(=O)C(C)NC(=O)c2n[nH]c3ccccc23)CC1.